The van der Waals surface area contributed by atoms with Crippen LogP contribution in [0.1, 0.15) is 64.2 Å². The summed E-state index contributed by atoms with van der Waals surface area (Å²) in [4.78, 5) is 30.5. The standard InChI is InChI=1S/C22H34N2O4/c1-23-15-3-4-16(23)10-13(9-15)21(19(25)26)7-8-22(21,20(27)28)14-11-17-5-6-18(12-14)24(17)2/h13-18H,3-12H2,1-2H3,(H,25,26)(H,27,28). The molecule has 1 saturated carbocycles. The SMILES string of the molecule is CN1C2CCC1CC(C1(C(=O)O)CCC1(C(=O)O)C1CC3CCC(C1)N3C)C2. The van der Waals surface area contributed by atoms with Gasteiger partial charge in [0.1, 0.15) is 0 Å². The number of carboxylic acids is 2. The minimum absolute atomic E-state index is 0.000796. The lowest BCUT2D eigenvalue weighted by Gasteiger charge is -2.63. The zero-order chi connectivity index (χ0) is 19.8. The second-order valence-corrected chi connectivity index (χ2v) is 10.5. The summed E-state index contributed by atoms with van der Waals surface area (Å²) in [6.07, 6.45) is 9.03. The Balaban J connectivity index is 1.52. The fourth-order valence-electron chi connectivity index (χ4n) is 8.37. The first kappa shape index (κ1) is 18.9. The van der Waals surface area contributed by atoms with Crippen LogP contribution < -0.4 is 0 Å². The highest BCUT2D eigenvalue weighted by Crippen LogP contribution is 2.70. The van der Waals surface area contributed by atoms with E-state index in [0.717, 1.165) is 51.4 Å². The summed E-state index contributed by atoms with van der Waals surface area (Å²) in [5.41, 5.74) is -2.14. The molecule has 0 aromatic rings. The van der Waals surface area contributed by atoms with Gasteiger partial charge in [0.2, 0.25) is 0 Å². The molecule has 4 heterocycles. The first-order valence-electron chi connectivity index (χ1n) is 11.2. The maximum absolute atomic E-state index is 12.8. The van der Waals surface area contributed by atoms with Gasteiger partial charge < -0.3 is 20.0 Å². The monoisotopic (exact) mass is 390 g/mol. The summed E-state index contributed by atoms with van der Waals surface area (Å²) in [6, 6.07) is 1.72. The maximum Gasteiger partial charge on any atom is 0.311 e. The van der Waals surface area contributed by atoms with Gasteiger partial charge in [-0.2, -0.15) is 0 Å². The molecule has 0 spiro atoms. The van der Waals surface area contributed by atoms with Crippen molar-refractivity contribution in [1.29, 1.82) is 0 Å². The molecule has 28 heavy (non-hydrogen) atoms. The van der Waals surface area contributed by atoms with E-state index >= 15 is 0 Å². The largest absolute Gasteiger partial charge is 0.481 e. The zero-order valence-corrected chi connectivity index (χ0v) is 17.1. The number of nitrogens with zero attached hydrogens (tertiary/aromatic N) is 2. The molecule has 4 bridgehead atoms. The van der Waals surface area contributed by atoms with Gasteiger partial charge in [0.25, 0.3) is 0 Å². The molecule has 6 atom stereocenters. The third-order valence-corrected chi connectivity index (χ3v) is 10.1. The number of hydrogen-bond donors (Lipinski definition) is 2. The summed E-state index contributed by atoms with van der Waals surface area (Å²) in [5, 5.41) is 21.0. The van der Waals surface area contributed by atoms with E-state index in [4.69, 9.17) is 0 Å². The minimum atomic E-state index is -1.07. The molecular weight excluding hydrogens is 356 g/mol. The van der Waals surface area contributed by atoms with Crippen molar-refractivity contribution in [1.82, 2.24) is 9.80 Å². The van der Waals surface area contributed by atoms with Gasteiger partial charge in [-0.15, -0.1) is 0 Å². The van der Waals surface area contributed by atoms with Gasteiger partial charge in [-0.25, -0.2) is 0 Å². The van der Waals surface area contributed by atoms with Gasteiger partial charge in [0.15, 0.2) is 0 Å². The van der Waals surface area contributed by atoms with Crippen molar-refractivity contribution < 1.29 is 19.8 Å². The molecule has 6 unspecified atom stereocenters. The molecule has 6 nitrogen and oxygen atoms in total. The van der Waals surface area contributed by atoms with E-state index in [1.54, 1.807) is 0 Å². The van der Waals surface area contributed by atoms with Crippen LogP contribution in [0.4, 0.5) is 0 Å². The van der Waals surface area contributed by atoms with Crippen molar-refractivity contribution in [3.8, 4) is 0 Å². The Morgan fingerprint density at radius 1 is 0.679 bits per heavy atom. The molecule has 4 saturated heterocycles. The lowest BCUT2D eigenvalue weighted by Crippen LogP contribution is -2.69. The van der Waals surface area contributed by atoms with Gasteiger partial charge in [0.05, 0.1) is 10.8 Å². The summed E-state index contributed by atoms with van der Waals surface area (Å²) < 4.78 is 0. The van der Waals surface area contributed by atoms with Crippen molar-refractivity contribution in [2.75, 3.05) is 14.1 Å². The van der Waals surface area contributed by atoms with Gasteiger partial charge in [-0.1, -0.05) is 0 Å². The molecule has 5 aliphatic rings. The zero-order valence-electron chi connectivity index (χ0n) is 17.1. The minimum Gasteiger partial charge on any atom is -0.481 e. The van der Waals surface area contributed by atoms with Crippen LogP contribution in [0, 0.1) is 22.7 Å². The Morgan fingerprint density at radius 3 is 1.18 bits per heavy atom. The van der Waals surface area contributed by atoms with Crippen LogP contribution in [-0.2, 0) is 9.59 Å². The quantitative estimate of drug-likeness (QED) is 0.768. The van der Waals surface area contributed by atoms with E-state index in [1.165, 1.54) is 0 Å². The highest BCUT2D eigenvalue weighted by atomic mass is 16.4. The van der Waals surface area contributed by atoms with Crippen LogP contribution >= 0.6 is 0 Å². The summed E-state index contributed by atoms with van der Waals surface area (Å²) in [5.74, 6) is -1.66. The number of piperidine rings is 2. The highest BCUT2D eigenvalue weighted by molar-refractivity contribution is 5.89. The van der Waals surface area contributed by atoms with E-state index < -0.39 is 22.8 Å². The molecule has 6 heteroatoms. The molecule has 1 aliphatic carbocycles. The van der Waals surface area contributed by atoms with Gasteiger partial charge in [0, 0.05) is 24.2 Å². The van der Waals surface area contributed by atoms with E-state index in [1.807, 2.05) is 0 Å². The highest BCUT2D eigenvalue weighted by Gasteiger charge is 2.74. The van der Waals surface area contributed by atoms with E-state index in [-0.39, 0.29) is 11.8 Å². The number of carbonyl (C=O) groups is 2. The van der Waals surface area contributed by atoms with Crippen molar-refractivity contribution in [2.45, 2.75) is 88.4 Å². The Hall–Kier alpha value is -1.14. The predicted molar refractivity (Wildman–Crippen MR) is 104 cm³/mol. The van der Waals surface area contributed by atoms with Crippen molar-refractivity contribution in [2.24, 2.45) is 22.7 Å². The van der Waals surface area contributed by atoms with Crippen molar-refractivity contribution >= 4 is 11.9 Å². The van der Waals surface area contributed by atoms with Crippen molar-refractivity contribution in [3.05, 3.63) is 0 Å². The fourth-order valence-corrected chi connectivity index (χ4v) is 8.37. The third-order valence-electron chi connectivity index (χ3n) is 10.1. The molecule has 2 N–H and O–H groups in total. The smallest absolute Gasteiger partial charge is 0.311 e. The summed E-state index contributed by atoms with van der Waals surface area (Å²) in [7, 11) is 4.32. The van der Waals surface area contributed by atoms with Crippen LogP contribution in [-0.4, -0.2) is 70.2 Å². The molecular formula is C22H34N2O4. The van der Waals surface area contributed by atoms with Crippen LogP contribution in [0.25, 0.3) is 0 Å². The molecule has 0 radical (unpaired) electrons. The second-order valence-electron chi connectivity index (χ2n) is 10.5. The van der Waals surface area contributed by atoms with Gasteiger partial charge in [-0.3, -0.25) is 9.59 Å². The summed E-state index contributed by atoms with van der Waals surface area (Å²) >= 11 is 0. The number of aliphatic carboxylic acids is 2. The Bertz CT molecular complexity index is 612. The maximum atomic E-state index is 12.8. The van der Waals surface area contributed by atoms with Gasteiger partial charge >= 0.3 is 11.9 Å². The predicted octanol–water partition coefficient (Wildman–Crippen LogP) is 2.67. The molecule has 5 fully saturated rings. The van der Waals surface area contributed by atoms with Crippen LogP contribution in [0.3, 0.4) is 0 Å². The van der Waals surface area contributed by atoms with Crippen LogP contribution in [0.5, 0.6) is 0 Å². The van der Waals surface area contributed by atoms with Crippen LogP contribution in [0.15, 0.2) is 0 Å². The topological polar surface area (TPSA) is 81.1 Å². The van der Waals surface area contributed by atoms with E-state index in [0.29, 0.717) is 37.0 Å². The summed E-state index contributed by atoms with van der Waals surface area (Å²) in [6.45, 7) is 0. The van der Waals surface area contributed by atoms with Gasteiger partial charge in [-0.05, 0) is 90.1 Å². The molecule has 156 valence electrons. The van der Waals surface area contributed by atoms with Crippen molar-refractivity contribution in [3.63, 3.8) is 0 Å². The number of carboxylic acid groups (broad SMARTS) is 2. The first-order chi connectivity index (χ1) is 13.3. The lowest BCUT2D eigenvalue weighted by atomic mass is 9.38. The van der Waals surface area contributed by atoms with E-state index in [9.17, 15) is 19.8 Å². The lowest BCUT2D eigenvalue weighted by molar-refractivity contribution is -0.224. The Labute approximate surface area is 167 Å². The molecule has 4 aliphatic heterocycles. The molecule has 0 amide bonds. The Kier molecular flexibility index (Phi) is 4.16. The molecule has 5 rings (SSSR count). The third kappa shape index (κ3) is 2.16. The number of fused-ring (bicyclic) bond motifs is 4. The van der Waals surface area contributed by atoms with Crippen LogP contribution in [0.2, 0.25) is 0 Å². The average Bonchev–Trinajstić information content (AvgIpc) is 2.95. The number of rotatable bonds is 4. The number of hydrogen-bond acceptors (Lipinski definition) is 4. The molecule has 0 aromatic carbocycles. The normalized spacial score (nSPS) is 51.1. The average molecular weight is 391 g/mol. The first-order valence-corrected chi connectivity index (χ1v) is 11.2. The van der Waals surface area contributed by atoms with E-state index in [2.05, 4.69) is 23.9 Å². The fraction of sp³-hybridized carbons (Fsp3) is 0.909. The Morgan fingerprint density at radius 2 is 0.964 bits per heavy atom. The second kappa shape index (κ2) is 6.18. The molecule has 0 aromatic heterocycles.